The topological polar surface area (TPSA) is 55.8 Å². The minimum Gasteiger partial charge on any atom is -0.481 e. The van der Waals surface area contributed by atoms with Gasteiger partial charge in [-0.3, -0.25) is 4.79 Å². The number of carboxylic acid groups (broad SMARTS) is 1. The van der Waals surface area contributed by atoms with Gasteiger partial charge in [-0.25, -0.2) is 0 Å². The number of hydrogen-bond donors (Lipinski definition) is 1. The molecule has 1 spiro atoms. The molecule has 2 rings (SSSR count). The number of ether oxygens (including phenoxy) is 2. The molecule has 2 fully saturated rings. The molecule has 0 aromatic carbocycles. The summed E-state index contributed by atoms with van der Waals surface area (Å²) in [6, 6.07) is 0. The standard InChI is InChI=1S/C14H22O4/c1-2-6-11-12(7-8-13(15)16)18-14(17-11)9-4-3-5-10-14/h2,6,11-12H,3-5,7-10H2,1H3,(H,15,16)/b6-2+/t11-,12-/m0/s1. The van der Waals surface area contributed by atoms with E-state index in [2.05, 4.69) is 0 Å². The molecule has 0 unspecified atom stereocenters. The van der Waals surface area contributed by atoms with Crippen LogP contribution >= 0.6 is 0 Å². The molecule has 0 radical (unpaired) electrons. The first-order chi connectivity index (χ1) is 8.65. The Bertz CT molecular complexity index is 318. The lowest BCUT2D eigenvalue weighted by Gasteiger charge is -2.31. The first-order valence-electron chi connectivity index (χ1n) is 6.85. The highest BCUT2D eigenvalue weighted by Crippen LogP contribution is 2.41. The molecule has 0 bridgehead atoms. The van der Waals surface area contributed by atoms with Crippen molar-refractivity contribution in [3.8, 4) is 0 Å². The van der Waals surface area contributed by atoms with Gasteiger partial charge in [0.25, 0.3) is 0 Å². The summed E-state index contributed by atoms with van der Waals surface area (Å²) >= 11 is 0. The van der Waals surface area contributed by atoms with Crippen LogP contribution < -0.4 is 0 Å². The zero-order valence-corrected chi connectivity index (χ0v) is 10.9. The van der Waals surface area contributed by atoms with Crippen LogP contribution in [0.15, 0.2) is 12.2 Å². The van der Waals surface area contributed by atoms with Crippen LogP contribution in [0, 0.1) is 0 Å². The SMILES string of the molecule is C/C=C/[C@@H]1OC2(CCCCC2)O[C@H]1CCC(=O)O. The van der Waals surface area contributed by atoms with Gasteiger partial charge in [0.05, 0.1) is 6.10 Å². The van der Waals surface area contributed by atoms with Crippen molar-refractivity contribution in [2.45, 2.75) is 69.9 Å². The summed E-state index contributed by atoms with van der Waals surface area (Å²) in [5.74, 6) is -1.21. The van der Waals surface area contributed by atoms with Crippen LogP contribution in [0.25, 0.3) is 0 Å². The molecule has 18 heavy (non-hydrogen) atoms. The Morgan fingerprint density at radius 1 is 1.33 bits per heavy atom. The zero-order valence-electron chi connectivity index (χ0n) is 10.9. The number of allylic oxidation sites excluding steroid dienone is 1. The molecule has 1 heterocycles. The Morgan fingerprint density at radius 2 is 2.06 bits per heavy atom. The van der Waals surface area contributed by atoms with E-state index in [0.29, 0.717) is 6.42 Å². The second-order valence-electron chi connectivity index (χ2n) is 5.17. The Morgan fingerprint density at radius 3 is 2.67 bits per heavy atom. The summed E-state index contributed by atoms with van der Waals surface area (Å²) in [4.78, 5) is 10.7. The Labute approximate surface area is 108 Å². The molecule has 1 saturated heterocycles. The van der Waals surface area contributed by atoms with Crippen molar-refractivity contribution in [3.05, 3.63) is 12.2 Å². The normalized spacial score (nSPS) is 31.2. The molecular weight excluding hydrogens is 232 g/mol. The van der Waals surface area contributed by atoms with Crippen LogP contribution in [0.5, 0.6) is 0 Å². The molecular formula is C14H22O4. The van der Waals surface area contributed by atoms with Crippen LogP contribution in [-0.2, 0) is 14.3 Å². The van der Waals surface area contributed by atoms with E-state index in [4.69, 9.17) is 14.6 Å². The van der Waals surface area contributed by atoms with Gasteiger partial charge in [0.1, 0.15) is 6.10 Å². The maximum atomic E-state index is 10.7. The van der Waals surface area contributed by atoms with Crippen LogP contribution in [0.2, 0.25) is 0 Å². The summed E-state index contributed by atoms with van der Waals surface area (Å²) in [7, 11) is 0. The highest BCUT2D eigenvalue weighted by Gasteiger charge is 2.46. The van der Waals surface area contributed by atoms with E-state index < -0.39 is 11.8 Å². The van der Waals surface area contributed by atoms with Gasteiger partial charge in [-0.05, 0) is 26.2 Å². The molecule has 2 aliphatic rings. The fourth-order valence-electron chi connectivity index (χ4n) is 2.86. The maximum absolute atomic E-state index is 10.7. The molecule has 1 aliphatic heterocycles. The van der Waals surface area contributed by atoms with E-state index >= 15 is 0 Å². The summed E-state index contributed by atoms with van der Waals surface area (Å²) in [5, 5.41) is 8.78. The van der Waals surface area contributed by atoms with Crippen molar-refractivity contribution in [2.24, 2.45) is 0 Å². The molecule has 0 amide bonds. The molecule has 1 saturated carbocycles. The van der Waals surface area contributed by atoms with Gasteiger partial charge in [0, 0.05) is 19.3 Å². The molecule has 1 aliphatic carbocycles. The van der Waals surface area contributed by atoms with Gasteiger partial charge in [0.15, 0.2) is 5.79 Å². The highest BCUT2D eigenvalue weighted by atomic mass is 16.8. The van der Waals surface area contributed by atoms with Gasteiger partial charge in [-0.2, -0.15) is 0 Å². The number of carboxylic acids is 1. The van der Waals surface area contributed by atoms with Crippen LogP contribution in [-0.4, -0.2) is 29.1 Å². The van der Waals surface area contributed by atoms with Crippen LogP contribution in [0.4, 0.5) is 0 Å². The monoisotopic (exact) mass is 254 g/mol. The molecule has 1 N–H and O–H groups in total. The minimum atomic E-state index is -0.776. The number of aliphatic carboxylic acids is 1. The molecule has 4 nitrogen and oxygen atoms in total. The number of carbonyl (C=O) groups is 1. The third kappa shape index (κ3) is 3.12. The Hall–Kier alpha value is -0.870. The molecule has 4 heteroatoms. The largest absolute Gasteiger partial charge is 0.481 e. The lowest BCUT2D eigenvalue weighted by atomic mass is 9.94. The lowest BCUT2D eigenvalue weighted by Crippen LogP contribution is -2.33. The summed E-state index contributed by atoms with van der Waals surface area (Å²) in [6.45, 7) is 1.95. The van der Waals surface area contributed by atoms with E-state index in [1.807, 2.05) is 19.1 Å². The quantitative estimate of drug-likeness (QED) is 0.784. The maximum Gasteiger partial charge on any atom is 0.303 e. The van der Waals surface area contributed by atoms with E-state index in [1.54, 1.807) is 0 Å². The van der Waals surface area contributed by atoms with E-state index in [9.17, 15) is 4.79 Å². The molecule has 102 valence electrons. The average Bonchev–Trinajstić information content (AvgIpc) is 2.66. The third-order valence-corrected chi connectivity index (χ3v) is 3.72. The average molecular weight is 254 g/mol. The Balaban J connectivity index is 2.00. The van der Waals surface area contributed by atoms with Crippen molar-refractivity contribution >= 4 is 5.97 Å². The van der Waals surface area contributed by atoms with E-state index in [-0.39, 0.29) is 18.6 Å². The fraction of sp³-hybridized carbons (Fsp3) is 0.786. The van der Waals surface area contributed by atoms with Crippen molar-refractivity contribution in [1.82, 2.24) is 0 Å². The first-order valence-corrected chi connectivity index (χ1v) is 6.85. The number of rotatable bonds is 4. The van der Waals surface area contributed by atoms with Crippen molar-refractivity contribution in [1.29, 1.82) is 0 Å². The Kier molecular flexibility index (Phi) is 4.40. The first kappa shape index (κ1) is 13.6. The fourth-order valence-corrected chi connectivity index (χ4v) is 2.86. The lowest BCUT2D eigenvalue weighted by molar-refractivity contribution is -0.192. The summed E-state index contributed by atoms with van der Waals surface area (Å²) in [5.41, 5.74) is 0. The van der Waals surface area contributed by atoms with Crippen molar-refractivity contribution < 1.29 is 19.4 Å². The highest BCUT2D eigenvalue weighted by molar-refractivity contribution is 5.66. The van der Waals surface area contributed by atoms with Gasteiger partial charge in [0.2, 0.25) is 0 Å². The second-order valence-corrected chi connectivity index (χ2v) is 5.17. The molecule has 0 aromatic heterocycles. The minimum absolute atomic E-state index is 0.0903. The summed E-state index contributed by atoms with van der Waals surface area (Å²) in [6.07, 6.45) is 9.76. The zero-order chi connectivity index (χ0) is 13.0. The van der Waals surface area contributed by atoms with Gasteiger partial charge in [-0.15, -0.1) is 0 Å². The van der Waals surface area contributed by atoms with Gasteiger partial charge >= 0.3 is 5.97 Å². The third-order valence-electron chi connectivity index (χ3n) is 3.72. The van der Waals surface area contributed by atoms with E-state index in [0.717, 1.165) is 25.7 Å². The van der Waals surface area contributed by atoms with Crippen LogP contribution in [0.3, 0.4) is 0 Å². The summed E-state index contributed by atoms with van der Waals surface area (Å²) < 4.78 is 12.1. The predicted octanol–water partition coefficient (Wildman–Crippen LogP) is 2.87. The van der Waals surface area contributed by atoms with Gasteiger partial charge in [-0.1, -0.05) is 18.6 Å². The smallest absolute Gasteiger partial charge is 0.303 e. The predicted molar refractivity (Wildman–Crippen MR) is 67.2 cm³/mol. The second kappa shape index (κ2) is 5.85. The van der Waals surface area contributed by atoms with Gasteiger partial charge < -0.3 is 14.6 Å². The van der Waals surface area contributed by atoms with Crippen LogP contribution in [0.1, 0.15) is 51.9 Å². The van der Waals surface area contributed by atoms with E-state index in [1.165, 1.54) is 6.42 Å². The molecule has 0 aromatic rings. The molecule has 2 atom stereocenters. The van der Waals surface area contributed by atoms with Crippen molar-refractivity contribution in [3.63, 3.8) is 0 Å². The van der Waals surface area contributed by atoms with Crippen molar-refractivity contribution in [2.75, 3.05) is 0 Å². The number of hydrogen-bond acceptors (Lipinski definition) is 3.